The fraction of sp³-hybridized carbons (Fsp3) is 0.353. The highest BCUT2D eigenvalue weighted by molar-refractivity contribution is 5.93. The normalized spacial score (nSPS) is 10.9. The van der Waals surface area contributed by atoms with Crippen molar-refractivity contribution in [2.24, 2.45) is 0 Å². The van der Waals surface area contributed by atoms with Gasteiger partial charge in [-0.05, 0) is 36.1 Å². The van der Waals surface area contributed by atoms with E-state index in [1.54, 1.807) is 6.26 Å². The first-order chi connectivity index (χ1) is 10.1. The number of aryl methyl sites for hydroxylation is 1. The molecule has 2 N–H and O–H groups in total. The molecular weight excluding hydrogens is 264 g/mol. The van der Waals surface area contributed by atoms with Gasteiger partial charge in [0.1, 0.15) is 5.76 Å². The summed E-state index contributed by atoms with van der Waals surface area (Å²) in [6.07, 6.45) is 1.62. The zero-order chi connectivity index (χ0) is 15.2. The van der Waals surface area contributed by atoms with Crippen molar-refractivity contribution in [1.29, 1.82) is 0 Å². The van der Waals surface area contributed by atoms with Crippen LogP contribution in [0.5, 0.6) is 0 Å². The fourth-order valence-electron chi connectivity index (χ4n) is 2.24. The molecule has 0 atom stereocenters. The third-order valence-corrected chi connectivity index (χ3v) is 3.36. The zero-order valence-corrected chi connectivity index (χ0v) is 12.8. The van der Waals surface area contributed by atoms with Crippen molar-refractivity contribution < 1.29 is 9.21 Å². The molecule has 0 unspecified atom stereocenters. The number of hydrogen-bond acceptors (Lipinski definition) is 3. The molecule has 0 aliphatic carbocycles. The predicted octanol–water partition coefficient (Wildman–Crippen LogP) is 3.44. The number of para-hydroxylation sites is 1. The monoisotopic (exact) mass is 286 g/mol. The van der Waals surface area contributed by atoms with Crippen molar-refractivity contribution in [3.63, 3.8) is 0 Å². The maximum atomic E-state index is 12.1. The standard InChI is InChI=1S/C17H22N2O2/c1-12(2)15-8-4-6-13(3)17(15)19-16(20)11-18-10-14-7-5-9-21-14/h4-9,12,18H,10-11H2,1-3H3,(H,19,20). The number of anilines is 1. The molecule has 4 heteroatoms. The molecule has 0 aliphatic rings. The highest BCUT2D eigenvalue weighted by Crippen LogP contribution is 2.27. The van der Waals surface area contributed by atoms with Crippen molar-refractivity contribution in [2.75, 3.05) is 11.9 Å². The number of nitrogens with one attached hydrogen (secondary N) is 2. The van der Waals surface area contributed by atoms with Gasteiger partial charge < -0.3 is 15.1 Å². The number of amides is 1. The zero-order valence-electron chi connectivity index (χ0n) is 12.8. The van der Waals surface area contributed by atoms with E-state index in [2.05, 4.69) is 30.5 Å². The molecule has 0 radical (unpaired) electrons. The summed E-state index contributed by atoms with van der Waals surface area (Å²) in [6, 6.07) is 9.80. The van der Waals surface area contributed by atoms with E-state index >= 15 is 0 Å². The van der Waals surface area contributed by atoms with E-state index in [0.717, 1.165) is 22.6 Å². The quantitative estimate of drug-likeness (QED) is 0.855. The summed E-state index contributed by atoms with van der Waals surface area (Å²) in [4.78, 5) is 12.1. The Kier molecular flexibility index (Phi) is 5.17. The third kappa shape index (κ3) is 4.20. The van der Waals surface area contributed by atoms with Crippen LogP contribution in [0.1, 0.15) is 36.7 Å². The first-order valence-electron chi connectivity index (χ1n) is 7.20. The highest BCUT2D eigenvalue weighted by atomic mass is 16.3. The Morgan fingerprint density at radius 3 is 2.71 bits per heavy atom. The van der Waals surface area contributed by atoms with Gasteiger partial charge in [0.05, 0.1) is 19.4 Å². The van der Waals surface area contributed by atoms with E-state index in [9.17, 15) is 4.79 Å². The second kappa shape index (κ2) is 7.09. The Bertz CT molecular complexity index is 589. The van der Waals surface area contributed by atoms with Crippen LogP contribution in [0.15, 0.2) is 41.0 Å². The first-order valence-corrected chi connectivity index (χ1v) is 7.20. The van der Waals surface area contributed by atoms with Crippen LogP contribution in [0.4, 0.5) is 5.69 Å². The van der Waals surface area contributed by atoms with Crippen molar-refractivity contribution in [2.45, 2.75) is 33.2 Å². The Labute approximate surface area is 125 Å². The highest BCUT2D eigenvalue weighted by Gasteiger charge is 2.11. The molecule has 0 saturated heterocycles. The van der Waals surface area contributed by atoms with E-state index < -0.39 is 0 Å². The second-order valence-corrected chi connectivity index (χ2v) is 5.42. The molecule has 1 aromatic carbocycles. The van der Waals surface area contributed by atoms with Crippen LogP contribution in [-0.2, 0) is 11.3 Å². The number of hydrogen-bond donors (Lipinski definition) is 2. The molecule has 112 valence electrons. The van der Waals surface area contributed by atoms with Crippen LogP contribution >= 0.6 is 0 Å². The lowest BCUT2D eigenvalue weighted by atomic mass is 9.98. The summed E-state index contributed by atoms with van der Waals surface area (Å²) in [5.41, 5.74) is 3.17. The van der Waals surface area contributed by atoms with Gasteiger partial charge in [0.25, 0.3) is 0 Å². The number of carbonyl (C=O) groups is 1. The van der Waals surface area contributed by atoms with Gasteiger partial charge in [0, 0.05) is 5.69 Å². The smallest absolute Gasteiger partial charge is 0.238 e. The Morgan fingerprint density at radius 1 is 1.24 bits per heavy atom. The minimum absolute atomic E-state index is 0.0437. The molecule has 0 spiro atoms. The fourth-order valence-corrected chi connectivity index (χ4v) is 2.24. The van der Waals surface area contributed by atoms with Crippen LogP contribution in [0.25, 0.3) is 0 Å². The Morgan fingerprint density at radius 2 is 2.05 bits per heavy atom. The summed E-state index contributed by atoms with van der Waals surface area (Å²) >= 11 is 0. The molecule has 0 fully saturated rings. The van der Waals surface area contributed by atoms with Crippen LogP contribution < -0.4 is 10.6 Å². The number of rotatable bonds is 6. The summed E-state index contributed by atoms with van der Waals surface area (Å²) < 4.78 is 5.21. The van der Waals surface area contributed by atoms with Gasteiger partial charge in [0.15, 0.2) is 0 Å². The molecule has 0 bridgehead atoms. The largest absolute Gasteiger partial charge is 0.468 e. The Balaban J connectivity index is 1.93. The average molecular weight is 286 g/mol. The van der Waals surface area contributed by atoms with E-state index in [4.69, 9.17) is 4.42 Å². The van der Waals surface area contributed by atoms with Gasteiger partial charge in [-0.25, -0.2) is 0 Å². The van der Waals surface area contributed by atoms with E-state index in [1.807, 2.05) is 31.2 Å². The van der Waals surface area contributed by atoms with Crippen molar-refractivity contribution in [3.05, 3.63) is 53.5 Å². The molecule has 0 aliphatic heterocycles. The van der Waals surface area contributed by atoms with Crippen LogP contribution in [0.2, 0.25) is 0 Å². The number of carbonyl (C=O) groups excluding carboxylic acids is 1. The molecule has 0 saturated carbocycles. The Hall–Kier alpha value is -2.07. The maximum absolute atomic E-state index is 12.1. The maximum Gasteiger partial charge on any atom is 0.238 e. The second-order valence-electron chi connectivity index (χ2n) is 5.42. The van der Waals surface area contributed by atoms with E-state index in [1.165, 1.54) is 0 Å². The van der Waals surface area contributed by atoms with Gasteiger partial charge in [-0.2, -0.15) is 0 Å². The first kappa shape index (κ1) is 15.3. The topological polar surface area (TPSA) is 54.3 Å². The number of furan rings is 1. The molecule has 1 heterocycles. The molecule has 4 nitrogen and oxygen atoms in total. The minimum Gasteiger partial charge on any atom is -0.468 e. The SMILES string of the molecule is Cc1cccc(C(C)C)c1NC(=O)CNCc1ccco1. The van der Waals surface area contributed by atoms with Gasteiger partial charge in [-0.15, -0.1) is 0 Å². The lowest BCUT2D eigenvalue weighted by Gasteiger charge is -2.16. The van der Waals surface area contributed by atoms with E-state index in [-0.39, 0.29) is 12.5 Å². The lowest BCUT2D eigenvalue weighted by molar-refractivity contribution is -0.115. The minimum atomic E-state index is -0.0437. The summed E-state index contributed by atoms with van der Waals surface area (Å²) in [7, 11) is 0. The van der Waals surface area contributed by atoms with E-state index in [0.29, 0.717) is 12.5 Å². The summed E-state index contributed by atoms with van der Waals surface area (Å²) in [5, 5.41) is 6.08. The van der Waals surface area contributed by atoms with Crippen molar-refractivity contribution in [3.8, 4) is 0 Å². The summed E-state index contributed by atoms with van der Waals surface area (Å²) in [6.45, 7) is 7.06. The molecular formula is C17H22N2O2. The van der Waals surface area contributed by atoms with Crippen LogP contribution in [-0.4, -0.2) is 12.5 Å². The van der Waals surface area contributed by atoms with Crippen LogP contribution in [0.3, 0.4) is 0 Å². The average Bonchev–Trinajstić information content (AvgIpc) is 2.94. The summed E-state index contributed by atoms with van der Waals surface area (Å²) in [5.74, 6) is 1.15. The van der Waals surface area contributed by atoms with Crippen LogP contribution in [0, 0.1) is 6.92 Å². The molecule has 2 aromatic rings. The van der Waals surface area contributed by atoms with Gasteiger partial charge in [-0.3, -0.25) is 4.79 Å². The van der Waals surface area contributed by atoms with Gasteiger partial charge >= 0.3 is 0 Å². The van der Waals surface area contributed by atoms with Gasteiger partial charge in [-0.1, -0.05) is 32.0 Å². The van der Waals surface area contributed by atoms with Crippen molar-refractivity contribution >= 4 is 11.6 Å². The van der Waals surface area contributed by atoms with Gasteiger partial charge in [0.2, 0.25) is 5.91 Å². The molecule has 21 heavy (non-hydrogen) atoms. The predicted molar refractivity (Wildman–Crippen MR) is 84.3 cm³/mol. The number of benzene rings is 1. The molecule has 1 aromatic heterocycles. The molecule has 2 rings (SSSR count). The molecule has 1 amide bonds. The third-order valence-electron chi connectivity index (χ3n) is 3.36. The van der Waals surface area contributed by atoms with Crippen molar-refractivity contribution in [1.82, 2.24) is 5.32 Å². The lowest BCUT2D eigenvalue weighted by Crippen LogP contribution is -2.28.